The van der Waals surface area contributed by atoms with E-state index in [1.165, 1.54) is 31.4 Å². The summed E-state index contributed by atoms with van der Waals surface area (Å²) in [6, 6.07) is 10.1. The Labute approximate surface area is 151 Å². The molecule has 0 saturated carbocycles. The number of benzene rings is 2. The van der Waals surface area contributed by atoms with Crippen LogP contribution < -0.4 is 20.5 Å². The number of nitrogens with two attached hydrogens (primary N) is 1. The molecular formula is C16H18ClN3O4S. The van der Waals surface area contributed by atoms with Gasteiger partial charge < -0.3 is 15.4 Å². The van der Waals surface area contributed by atoms with Crippen molar-refractivity contribution in [2.75, 3.05) is 17.7 Å². The van der Waals surface area contributed by atoms with Gasteiger partial charge in [0.2, 0.25) is 15.9 Å². The minimum Gasteiger partial charge on any atom is -0.495 e. The summed E-state index contributed by atoms with van der Waals surface area (Å²) in [4.78, 5) is 12.2. The van der Waals surface area contributed by atoms with Gasteiger partial charge in [-0.3, -0.25) is 4.79 Å². The van der Waals surface area contributed by atoms with Gasteiger partial charge in [0.15, 0.2) is 0 Å². The molecule has 2 aromatic rings. The van der Waals surface area contributed by atoms with Gasteiger partial charge in [-0.1, -0.05) is 11.6 Å². The number of sulfonamides is 1. The van der Waals surface area contributed by atoms with Crippen LogP contribution in [0.25, 0.3) is 0 Å². The topological polar surface area (TPSA) is 111 Å². The second kappa shape index (κ2) is 7.73. The van der Waals surface area contributed by atoms with Crippen LogP contribution in [0.5, 0.6) is 5.75 Å². The first kappa shape index (κ1) is 19.0. The molecule has 7 nitrogen and oxygen atoms in total. The molecule has 2 rings (SSSR count). The fourth-order valence-electron chi connectivity index (χ4n) is 2.05. The van der Waals surface area contributed by atoms with Gasteiger partial charge in [-0.15, -0.1) is 0 Å². The molecule has 0 radical (unpaired) electrons. The van der Waals surface area contributed by atoms with Crippen molar-refractivity contribution >= 4 is 38.9 Å². The van der Waals surface area contributed by atoms with E-state index >= 15 is 0 Å². The highest BCUT2D eigenvalue weighted by atomic mass is 35.5. The molecule has 0 aliphatic carbocycles. The first-order valence-corrected chi connectivity index (χ1v) is 9.17. The number of rotatable bonds is 6. The van der Waals surface area contributed by atoms with Crippen LogP contribution in [0.4, 0.5) is 11.4 Å². The highest BCUT2D eigenvalue weighted by Crippen LogP contribution is 2.27. The van der Waals surface area contributed by atoms with Crippen molar-refractivity contribution in [1.82, 2.24) is 0 Å². The second-order valence-corrected chi connectivity index (χ2v) is 7.24. The maximum absolute atomic E-state index is 12.2. The van der Waals surface area contributed by atoms with E-state index in [-0.39, 0.29) is 10.8 Å². The molecule has 0 aliphatic heterocycles. The molecule has 25 heavy (non-hydrogen) atoms. The van der Waals surface area contributed by atoms with Crippen LogP contribution in [-0.4, -0.2) is 27.5 Å². The van der Waals surface area contributed by atoms with Gasteiger partial charge in [0.1, 0.15) is 11.8 Å². The zero-order valence-corrected chi connectivity index (χ0v) is 15.2. The van der Waals surface area contributed by atoms with E-state index in [0.29, 0.717) is 22.1 Å². The van der Waals surface area contributed by atoms with Crippen molar-refractivity contribution in [3.8, 4) is 5.75 Å². The second-order valence-electron chi connectivity index (χ2n) is 5.27. The molecule has 0 aliphatic rings. The van der Waals surface area contributed by atoms with Crippen LogP contribution in [-0.2, 0) is 14.8 Å². The third-order valence-corrected chi connectivity index (χ3v) is 4.60. The maximum atomic E-state index is 12.2. The van der Waals surface area contributed by atoms with E-state index in [9.17, 15) is 13.2 Å². The van der Waals surface area contributed by atoms with Crippen LogP contribution in [0.2, 0.25) is 5.02 Å². The molecule has 0 unspecified atom stereocenters. The predicted octanol–water partition coefficient (Wildman–Crippen LogP) is 2.44. The molecule has 0 fully saturated rings. The summed E-state index contributed by atoms with van der Waals surface area (Å²) in [5, 5.41) is 11.2. The number of anilines is 2. The monoisotopic (exact) mass is 383 g/mol. The molecule has 2 aromatic carbocycles. The van der Waals surface area contributed by atoms with Crippen LogP contribution >= 0.6 is 11.6 Å². The molecule has 0 bridgehead atoms. The van der Waals surface area contributed by atoms with E-state index in [1.807, 2.05) is 0 Å². The maximum Gasteiger partial charge on any atom is 0.246 e. The van der Waals surface area contributed by atoms with Crippen LogP contribution in [0.15, 0.2) is 47.4 Å². The molecule has 0 aromatic heterocycles. The molecule has 9 heteroatoms. The quantitative estimate of drug-likeness (QED) is 0.709. The van der Waals surface area contributed by atoms with E-state index in [2.05, 4.69) is 10.6 Å². The predicted molar refractivity (Wildman–Crippen MR) is 97.5 cm³/mol. The Morgan fingerprint density at radius 1 is 1.16 bits per heavy atom. The Morgan fingerprint density at radius 3 is 2.28 bits per heavy atom. The van der Waals surface area contributed by atoms with Gasteiger partial charge in [-0.05, 0) is 49.4 Å². The average Bonchev–Trinajstić information content (AvgIpc) is 2.54. The van der Waals surface area contributed by atoms with Gasteiger partial charge in [-0.2, -0.15) is 0 Å². The van der Waals surface area contributed by atoms with Gasteiger partial charge >= 0.3 is 0 Å². The lowest BCUT2D eigenvalue weighted by Crippen LogP contribution is -2.31. The number of ether oxygens (including phenoxy) is 1. The molecule has 0 heterocycles. The lowest BCUT2D eigenvalue weighted by molar-refractivity contribution is -0.116. The number of carbonyl (C=O) groups is 1. The standard InChI is InChI=1S/C16H18ClN3O4S/c1-10(19-12-5-8-15(24-2)14(17)9-12)16(21)20-11-3-6-13(7-4-11)25(18,22)23/h3-10,19H,1-2H3,(H,20,21)(H2,18,22,23)/t10-/m1/s1. The number of nitrogens with one attached hydrogen (secondary N) is 2. The number of amides is 1. The first-order chi connectivity index (χ1) is 11.7. The van der Waals surface area contributed by atoms with E-state index in [0.717, 1.165) is 0 Å². The number of halogens is 1. The molecule has 1 amide bonds. The number of methoxy groups -OCH3 is 1. The summed E-state index contributed by atoms with van der Waals surface area (Å²) >= 11 is 6.05. The molecular weight excluding hydrogens is 366 g/mol. The van der Waals surface area contributed by atoms with Crippen molar-refractivity contribution in [2.24, 2.45) is 5.14 Å². The summed E-state index contributed by atoms with van der Waals surface area (Å²) in [6.45, 7) is 1.69. The Balaban J connectivity index is 2.01. The van der Waals surface area contributed by atoms with Crippen molar-refractivity contribution in [2.45, 2.75) is 17.9 Å². The summed E-state index contributed by atoms with van der Waals surface area (Å²) in [5.74, 6) is 0.245. The normalized spacial score (nSPS) is 12.3. The zero-order valence-electron chi connectivity index (χ0n) is 13.6. The van der Waals surface area contributed by atoms with Gasteiger partial charge in [0, 0.05) is 11.4 Å². The summed E-state index contributed by atoms with van der Waals surface area (Å²) in [5.41, 5.74) is 1.12. The van der Waals surface area contributed by atoms with E-state index < -0.39 is 16.1 Å². The first-order valence-electron chi connectivity index (χ1n) is 7.24. The third kappa shape index (κ3) is 5.09. The fraction of sp³-hybridized carbons (Fsp3) is 0.188. The number of carbonyl (C=O) groups excluding carboxylic acids is 1. The van der Waals surface area contributed by atoms with Crippen molar-refractivity contribution in [3.63, 3.8) is 0 Å². The smallest absolute Gasteiger partial charge is 0.246 e. The molecule has 0 spiro atoms. The fourth-order valence-corrected chi connectivity index (χ4v) is 2.82. The zero-order chi connectivity index (χ0) is 18.6. The number of hydrogen-bond donors (Lipinski definition) is 3. The molecule has 4 N–H and O–H groups in total. The van der Waals surface area contributed by atoms with E-state index in [1.54, 1.807) is 25.1 Å². The Morgan fingerprint density at radius 2 is 1.76 bits per heavy atom. The van der Waals surface area contributed by atoms with Crippen molar-refractivity contribution in [3.05, 3.63) is 47.5 Å². The summed E-state index contributed by atoms with van der Waals surface area (Å²) < 4.78 is 27.5. The summed E-state index contributed by atoms with van der Waals surface area (Å²) in [6.07, 6.45) is 0. The Kier molecular flexibility index (Phi) is 5.89. The largest absolute Gasteiger partial charge is 0.495 e. The van der Waals surface area contributed by atoms with Gasteiger partial charge in [0.25, 0.3) is 0 Å². The highest BCUT2D eigenvalue weighted by molar-refractivity contribution is 7.89. The SMILES string of the molecule is COc1ccc(N[C@H](C)C(=O)Nc2ccc(S(N)(=O)=O)cc2)cc1Cl. The number of primary sulfonamides is 1. The molecule has 134 valence electrons. The van der Waals surface area contributed by atoms with Crippen LogP contribution in [0.1, 0.15) is 6.92 Å². The lowest BCUT2D eigenvalue weighted by atomic mass is 10.2. The van der Waals surface area contributed by atoms with E-state index in [4.69, 9.17) is 21.5 Å². The minimum absolute atomic E-state index is 0.0236. The minimum atomic E-state index is -3.76. The highest BCUT2D eigenvalue weighted by Gasteiger charge is 2.14. The summed E-state index contributed by atoms with van der Waals surface area (Å²) in [7, 11) is -2.24. The molecule has 1 atom stereocenters. The van der Waals surface area contributed by atoms with Gasteiger partial charge in [0.05, 0.1) is 17.0 Å². The van der Waals surface area contributed by atoms with Crippen molar-refractivity contribution in [1.29, 1.82) is 0 Å². The lowest BCUT2D eigenvalue weighted by Gasteiger charge is -2.16. The average molecular weight is 384 g/mol. The van der Waals surface area contributed by atoms with Crippen LogP contribution in [0, 0.1) is 0 Å². The third-order valence-electron chi connectivity index (χ3n) is 3.38. The van der Waals surface area contributed by atoms with Gasteiger partial charge in [-0.25, -0.2) is 13.6 Å². The van der Waals surface area contributed by atoms with Crippen molar-refractivity contribution < 1.29 is 17.9 Å². The molecule has 0 saturated heterocycles. The Hall–Kier alpha value is -2.29. The number of hydrogen-bond acceptors (Lipinski definition) is 5. The van der Waals surface area contributed by atoms with Crippen LogP contribution in [0.3, 0.4) is 0 Å². The Bertz CT molecular complexity index is 869.